The maximum absolute atomic E-state index is 6.45. The van der Waals surface area contributed by atoms with Crippen molar-refractivity contribution in [1.29, 1.82) is 0 Å². The highest BCUT2D eigenvalue weighted by molar-refractivity contribution is 7.19. The van der Waals surface area contributed by atoms with Crippen molar-refractivity contribution in [3.63, 3.8) is 0 Å². The summed E-state index contributed by atoms with van der Waals surface area (Å²) in [6.07, 6.45) is 6.46. The van der Waals surface area contributed by atoms with Gasteiger partial charge in [0.25, 0.3) is 0 Å². The molecule has 1 aliphatic carbocycles. The zero-order chi connectivity index (χ0) is 16.0. The van der Waals surface area contributed by atoms with Crippen molar-refractivity contribution >= 4 is 44.7 Å². The van der Waals surface area contributed by atoms with Gasteiger partial charge in [0.15, 0.2) is 0 Å². The lowest BCUT2D eigenvalue weighted by molar-refractivity contribution is 0.700. The number of hydrogen-bond acceptors (Lipinski definition) is 4. The Hall–Kier alpha value is -1.65. The minimum Gasteiger partial charge on any atom is -0.338 e. The van der Waals surface area contributed by atoms with E-state index >= 15 is 0 Å². The number of rotatable bonds is 2. The van der Waals surface area contributed by atoms with Crippen molar-refractivity contribution < 1.29 is 0 Å². The molecule has 118 valence electrons. The third-order valence-corrected chi connectivity index (χ3v) is 5.92. The van der Waals surface area contributed by atoms with E-state index < -0.39 is 0 Å². The molecule has 23 heavy (non-hydrogen) atoms. The molecule has 0 spiro atoms. The summed E-state index contributed by atoms with van der Waals surface area (Å²) in [5.74, 6) is 0.878. The summed E-state index contributed by atoms with van der Waals surface area (Å²) in [7, 11) is 0. The van der Waals surface area contributed by atoms with E-state index in [0.717, 1.165) is 33.3 Å². The van der Waals surface area contributed by atoms with Gasteiger partial charge in [0.2, 0.25) is 0 Å². The first kappa shape index (κ1) is 14.9. The SMILES string of the molecule is Cc1cc(C)c(Nc2ncnc3sc4c(c23)CCCC4)c(Cl)c1. The number of fused-ring (bicyclic) bond motifs is 3. The largest absolute Gasteiger partial charge is 0.338 e. The molecule has 2 heterocycles. The molecule has 2 aromatic heterocycles. The number of aromatic nitrogens is 2. The second kappa shape index (κ2) is 5.77. The number of benzene rings is 1. The first-order chi connectivity index (χ1) is 11.1. The summed E-state index contributed by atoms with van der Waals surface area (Å²) in [6, 6.07) is 4.12. The van der Waals surface area contributed by atoms with E-state index in [1.165, 1.54) is 40.7 Å². The van der Waals surface area contributed by atoms with Gasteiger partial charge in [-0.3, -0.25) is 0 Å². The van der Waals surface area contributed by atoms with Gasteiger partial charge in [0.1, 0.15) is 17.0 Å². The van der Waals surface area contributed by atoms with Crippen LogP contribution in [0.1, 0.15) is 34.4 Å². The normalized spacial score (nSPS) is 14.0. The molecule has 1 aromatic carbocycles. The van der Waals surface area contributed by atoms with E-state index in [-0.39, 0.29) is 0 Å². The highest BCUT2D eigenvalue weighted by Gasteiger charge is 2.20. The van der Waals surface area contributed by atoms with Crippen LogP contribution < -0.4 is 5.32 Å². The standard InChI is InChI=1S/C18H18ClN3S/c1-10-7-11(2)16(13(19)8-10)22-17-15-12-5-3-4-6-14(12)23-18(15)21-9-20-17/h7-9H,3-6H2,1-2H3,(H,20,21,22). The molecular weight excluding hydrogens is 326 g/mol. The van der Waals surface area contributed by atoms with E-state index in [4.69, 9.17) is 11.6 Å². The summed E-state index contributed by atoms with van der Waals surface area (Å²) in [4.78, 5) is 11.5. The molecule has 0 unspecified atom stereocenters. The first-order valence-corrected chi connectivity index (χ1v) is 9.12. The van der Waals surface area contributed by atoms with Gasteiger partial charge < -0.3 is 5.32 Å². The molecule has 4 rings (SSSR count). The van der Waals surface area contributed by atoms with Gasteiger partial charge in [-0.25, -0.2) is 9.97 Å². The molecule has 0 saturated carbocycles. The fourth-order valence-corrected chi connectivity index (χ4v) is 4.97. The van der Waals surface area contributed by atoms with Crippen LogP contribution >= 0.6 is 22.9 Å². The van der Waals surface area contributed by atoms with Crippen molar-refractivity contribution in [1.82, 2.24) is 9.97 Å². The Morgan fingerprint density at radius 1 is 1.13 bits per heavy atom. The monoisotopic (exact) mass is 343 g/mol. The van der Waals surface area contributed by atoms with Gasteiger partial charge >= 0.3 is 0 Å². The Labute approximate surface area is 144 Å². The van der Waals surface area contributed by atoms with E-state index in [9.17, 15) is 0 Å². The topological polar surface area (TPSA) is 37.8 Å². The number of hydrogen-bond donors (Lipinski definition) is 1. The van der Waals surface area contributed by atoms with Gasteiger partial charge in [-0.2, -0.15) is 0 Å². The predicted molar refractivity (Wildman–Crippen MR) is 98.3 cm³/mol. The minimum absolute atomic E-state index is 0.735. The highest BCUT2D eigenvalue weighted by atomic mass is 35.5. The first-order valence-electron chi connectivity index (χ1n) is 7.92. The van der Waals surface area contributed by atoms with E-state index in [2.05, 4.69) is 35.2 Å². The third kappa shape index (κ3) is 2.60. The molecular formula is C18H18ClN3S. The molecule has 5 heteroatoms. The van der Waals surface area contributed by atoms with Gasteiger partial charge in [0, 0.05) is 4.88 Å². The Kier molecular flexibility index (Phi) is 3.74. The van der Waals surface area contributed by atoms with Crippen molar-refractivity contribution in [3.05, 3.63) is 45.1 Å². The number of aryl methyl sites for hydroxylation is 4. The Morgan fingerprint density at radius 2 is 1.96 bits per heavy atom. The van der Waals surface area contributed by atoms with Crippen molar-refractivity contribution in [2.45, 2.75) is 39.5 Å². The van der Waals surface area contributed by atoms with E-state index in [1.54, 1.807) is 6.33 Å². The maximum atomic E-state index is 6.45. The second-order valence-electron chi connectivity index (χ2n) is 6.18. The summed E-state index contributed by atoms with van der Waals surface area (Å²) < 4.78 is 0. The summed E-state index contributed by atoms with van der Waals surface area (Å²) in [6.45, 7) is 4.13. The van der Waals surface area contributed by atoms with Crippen molar-refractivity contribution in [3.8, 4) is 0 Å². The Balaban J connectivity index is 1.85. The van der Waals surface area contributed by atoms with Gasteiger partial charge in [0.05, 0.1) is 16.1 Å². The van der Waals surface area contributed by atoms with E-state index in [0.29, 0.717) is 0 Å². The lowest BCUT2D eigenvalue weighted by atomic mass is 9.97. The summed E-state index contributed by atoms with van der Waals surface area (Å²) in [5, 5.41) is 5.39. The zero-order valence-corrected chi connectivity index (χ0v) is 14.8. The molecule has 1 N–H and O–H groups in total. The fourth-order valence-electron chi connectivity index (χ4n) is 3.38. The van der Waals surface area contributed by atoms with Gasteiger partial charge in [-0.1, -0.05) is 17.7 Å². The molecule has 3 nitrogen and oxygen atoms in total. The zero-order valence-electron chi connectivity index (χ0n) is 13.2. The number of halogens is 1. The van der Waals surface area contributed by atoms with Crippen LogP contribution in [0.2, 0.25) is 5.02 Å². The third-order valence-electron chi connectivity index (χ3n) is 4.43. The van der Waals surface area contributed by atoms with Crippen LogP contribution in [0.5, 0.6) is 0 Å². The lowest BCUT2D eigenvalue weighted by Gasteiger charge is -2.15. The molecule has 0 saturated heterocycles. The number of nitrogens with one attached hydrogen (secondary N) is 1. The maximum Gasteiger partial charge on any atom is 0.142 e. The smallest absolute Gasteiger partial charge is 0.142 e. The van der Waals surface area contributed by atoms with Crippen LogP contribution in [0, 0.1) is 13.8 Å². The lowest BCUT2D eigenvalue weighted by Crippen LogP contribution is -2.02. The molecule has 0 atom stereocenters. The molecule has 0 amide bonds. The van der Waals surface area contributed by atoms with Crippen LogP contribution in [0.15, 0.2) is 18.5 Å². The predicted octanol–water partition coefficient (Wildman–Crippen LogP) is 5.58. The molecule has 0 aliphatic heterocycles. The fraction of sp³-hybridized carbons (Fsp3) is 0.333. The van der Waals surface area contributed by atoms with Crippen molar-refractivity contribution in [2.24, 2.45) is 0 Å². The van der Waals surface area contributed by atoms with Crippen LogP contribution in [0.3, 0.4) is 0 Å². The molecule has 0 fully saturated rings. The highest BCUT2D eigenvalue weighted by Crippen LogP contribution is 2.40. The van der Waals surface area contributed by atoms with E-state index in [1.807, 2.05) is 17.4 Å². The van der Waals surface area contributed by atoms with Gasteiger partial charge in [-0.05, 0) is 62.3 Å². The Morgan fingerprint density at radius 3 is 2.78 bits per heavy atom. The van der Waals surface area contributed by atoms with Crippen molar-refractivity contribution in [2.75, 3.05) is 5.32 Å². The van der Waals surface area contributed by atoms with Crippen LogP contribution in [0.4, 0.5) is 11.5 Å². The Bertz CT molecular complexity index is 878. The number of nitrogens with zero attached hydrogens (tertiary/aromatic N) is 2. The van der Waals surface area contributed by atoms with Crippen LogP contribution in [-0.4, -0.2) is 9.97 Å². The number of anilines is 2. The quantitative estimate of drug-likeness (QED) is 0.659. The summed E-state index contributed by atoms with van der Waals surface area (Å²) >= 11 is 8.26. The molecule has 3 aromatic rings. The molecule has 1 aliphatic rings. The average Bonchev–Trinajstić information content (AvgIpc) is 2.90. The minimum atomic E-state index is 0.735. The summed E-state index contributed by atoms with van der Waals surface area (Å²) in [5.41, 5.74) is 4.66. The van der Waals surface area contributed by atoms with Gasteiger partial charge in [-0.15, -0.1) is 11.3 Å². The molecule has 0 bridgehead atoms. The molecule has 0 radical (unpaired) electrons. The van der Waals surface area contributed by atoms with Crippen LogP contribution in [0.25, 0.3) is 10.2 Å². The van der Waals surface area contributed by atoms with Crippen LogP contribution in [-0.2, 0) is 12.8 Å². The average molecular weight is 344 g/mol. The second-order valence-corrected chi connectivity index (χ2v) is 7.67. The number of thiophene rings is 1.